The lowest BCUT2D eigenvalue weighted by atomic mass is 10.1. The highest BCUT2D eigenvalue weighted by Gasteiger charge is 2.25. The minimum Gasteiger partial charge on any atom is -0.323 e. The zero-order valence-corrected chi connectivity index (χ0v) is 13.2. The second-order valence-electron chi connectivity index (χ2n) is 5.71. The molecule has 19 heavy (non-hydrogen) atoms. The SMILES string of the molecule is CCCC[N+](CCCC)(CCCC)CCC[N+](=O)[O-]. The first-order chi connectivity index (χ1) is 9.10. The van der Waals surface area contributed by atoms with Gasteiger partial charge in [-0.1, -0.05) is 40.0 Å². The molecule has 0 atom stereocenters. The molecule has 0 N–H and O–H groups in total. The number of nitro groups is 1. The summed E-state index contributed by atoms with van der Waals surface area (Å²) >= 11 is 0. The number of unbranched alkanes of at least 4 members (excludes halogenated alkanes) is 3. The number of hydrogen-bond acceptors (Lipinski definition) is 2. The number of nitrogens with zero attached hydrogens (tertiary/aromatic N) is 2. The zero-order valence-electron chi connectivity index (χ0n) is 13.2. The lowest BCUT2D eigenvalue weighted by molar-refractivity contribution is -0.929. The van der Waals surface area contributed by atoms with Gasteiger partial charge in [0, 0.05) is 4.92 Å². The van der Waals surface area contributed by atoms with Crippen molar-refractivity contribution in [3.05, 3.63) is 10.1 Å². The standard InChI is InChI=1S/C15H33N2O2/c1-4-7-12-17(13-8-5-2,14-9-6-3)15-10-11-16(18)19/h4-15H2,1-3H3/q+1. The van der Waals surface area contributed by atoms with Crippen molar-refractivity contribution in [1.82, 2.24) is 0 Å². The van der Waals surface area contributed by atoms with Crippen LogP contribution in [0.1, 0.15) is 65.7 Å². The summed E-state index contributed by atoms with van der Waals surface area (Å²) in [5, 5.41) is 10.5. The predicted octanol–water partition coefficient (Wildman–Crippen LogP) is 3.87. The molecular formula is C15H33N2O2+. The Kier molecular flexibility index (Phi) is 10.8. The lowest BCUT2D eigenvalue weighted by Crippen LogP contribution is -2.51. The van der Waals surface area contributed by atoms with Gasteiger partial charge >= 0.3 is 0 Å². The Bertz CT molecular complexity index is 210. The highest BCUT2D eigenvalue weighted by atomic mass is 16.6. The summed E-state index contributed by atoms with van der Waals surface area (Å²) in [6.45, 7) is 11.4. The van der Waals surface area contributed by atoms with Crippen LogP contribution in [0.15, 0.2) is 0 Å². The molecule has 0 unspecified atom stereocenters. The third kappa shape index (κ3) is 8.98. The van der Waals surface area contributed by atoms with E-state index in [9.17, 15) is 10.1 Å². The van der Waals surface area contributed by atoms with E-state index in [0.29, 0.717) is 0 Å². The normalized spacial score (nSPS) is 11.7. The van der Waals surface area contributed by atoms with Crippen molar-refractivity contribution in [2.45, 2.75) is 65.7 Å². The molecule has 0 saturated heterocycles. The van der Waals surface area contributed by atoms with Crippen LogP contribution in [0.5, 0.6) is 0 Å². The van der Waals surface area contributed by atoms with Crippen LogP contribution >= 0.6 is 0 Å². The summed E-state index contributed by atoms with van der Waals surface area (Å²) in [6.07, 6.45) is 8.10. The van der Waals surface area contributed by atoms with Gasteiger partial charge in [0.1, 0.15) is 0 Å². The van der Waals surface area contributed by atoms with Crippen LogP contribution < -0.4 is 0 Å². The third-order valence-electron chi connectivity index (χ3n) is 3.93. The fourth-order valence-electron chi connectivity index (χ4n) is 2.69. The predicted molar refractivity (Wildman–Crippen MR) is 80.9 cm³/mol. The quantitative estimate of drug-likeness (QED) is 0.290. The monoisotopic (exact) mass is 273 g/mol. The van der Waals surface area contributed by atoms with Crippen LogP contribution in [0.3, 0.4) is 0 Å². The minimum atomic E-state index is -0.172. The first-order valence-corrected chi connectivity index (χ1v) is 8.07. The van der Waals surface area contributed by atoms with Crippen molar-refractivity contribution >= 4 is 0 Å². The van der Waals surface area contributed by atoms with Crippen LogP contribution in [0, 0.1) is 10.1 Å². The van der Waals surface area contributed by atoms with E-state index < -0.39 is 0 Å². The molecule has 0 aliphatic carbocycles. The second-order valence-corrected chi connectivity index (χ2v) is 5.71. The molecule has 0 aliphatic rings. The highest BCUT2D eigenvalue weighted by Crippen LogP contribution is 2.15. The fraction of sp³-hybridized carbons (Fsp3) is 1.00. The van der Waals surface area contributed by atoms with Gasteiger partial charge in [0.05, 0.1) is 32.6 Å². The molecule has 0 aromatic rings. The van der Waals surface area contributed by atoms with Gasteiger partial charge in [-0.15, -0.1) is 0 Å². The minimum absolute atomic E-state index is 0.129. The smallest absolute Gasteiger partial charge is 0.209 e. The molecule has 0 bridgehead atoms. The van der Waals surface area contributed by atoms with Gasteiger partial charge in [-0.3, -0.25) is 10.1 Å². The average molecular weight is 273 g/mol. The Hall–Kier alpha value is -0.640. The Labute approximate surface area is 118 Å². The van der Waals surface area contributed by atoms with E-state index in [0.717, 1.165) is 17.4 Å². The van der Waals surface area contributed by atoms with E-state index in [-0.39, 0.29) is 11.5 Å². The summed E-state index contributed by atoms with van der Waals surface area (Å²) in [7, 11) is 0. The van der Waals surface area contributed by atoms with Crippen LogP contribution in [0.4, 0.5) is 0 Å². The van der Waals surface area contributed by atoms with Gasteiger partial charge in [-0.25, -0.2) is 0 Å². The van der Waals surface area contributed by atoms with Crippen molar-refractivity contribution in [3.8, 4) is 0 Å². The summed E-state index contributed by atoms with van der Waals surface area (Å²) in [5.74, 6) is 0. The van der Waals surface area contributed by atoms with Crippen molar-refractivity contribution in [2.24, 2.45) is 0 Å². The molecule has 0 spiro atoms. The Morgan fingerprint density at radius 1 is 0.789 bits per heavy atom. The summed E-state index contributed by atoms with van der Waals surface area (Å²) in [5.41, 5.74) is 0. The van der Waals surface area contributed by atoms with Crippen molar-refractivity contribution in [1.29, 1.82) is 0 Å². The molecule has 114 valence electrons. The molecule has 0 fully saturated rings. The average Bonchev–Trinajstić information content (AvgIpc) is 2.39. The molecule has 0 saturated carbocycles. The van der Waals surface area contributed by atoms with E-state index in [1.165, 1.54) is 58.2 Å². The van der Waals surface area contributed by atoms with E-state index in [1.807, 2.05) is 0 Å². The van der Waals surface area contributed by atoms with E-state index in [4.69, 9.17) is 0 Å². The van der Waals surface area contributed by atoms with Gasteiger partial charge in [0.2, 0.25) is 6.54 Å². The molecule has 0 amide bonds. The zero-order chi connectivity index (χ0) is 14.6. The molecular weight excluding hydrogens is 240 g/mol. The van der Waals surface area contributed by atoms with Gasteiger partial charge in [0.15, 0.2) is 0 Å². The summed E-state index contributed by atoms with van der Waals surface area (Å²) in [6, 6.07) is 0. The van der Waals surface area contributed by atoms with Crippen molar-refractivity contribution in [3.63, 3.8) is 0 Å². The molecule has 0 rings (SSSR count). The molecule has 0 aromatic carbocycles. The van der Waals surface area contributed by atoms with Gasteiger partial charge in [-0.2, -0.15) is 0 Å². The topological polar surface area (TPSA) is 43.1 Å². The highest BCUT2D eigenvalue weighted by molar-refractivity contribution is 4.49. The molecule has 0 aromatic heterocycles. The summed E-state index contributed by atoms with van der Waals surface area (Å²) < 4.78 is 1.11. The van der Waals surface area contributed by atoms with Crippen LogP contribution in [-0.2, 0) is 0 Å². The maximum atomic E-state index is 10.5. The van der Waals surface area contributed by atoms with Gasteiger partial charge in [-0.05, 0) is 19.3 Å². The molecule has 4 nitrogen and oxygen atoms in total. The lowest BCUT2D eigenvalue weighted by Gasteiger charge is -2.39. The third-order valence-corrected chi connectivity index (χ3v) is 3.93. The molecule has 0 radical (unpaired) electrons. The Balaban J connectivity index is 4.51. The molecule has 0 aliphatic heterocycles. The van der Waals surface area contributed by atoms with Crippen LogP contribution in [-0.4, -0.2) is 42.1 Å². The van der Waals surface area contributed by atoms with Gasteiger partial charge < -0.3 is 4.48 Å². The fourth-order valence-corrected chi connectivity index (χ4v) is 2.69. The first-order valence-electron chi connectivity index (χ1n) is 8.07. The Morgan fingerprint density at radius 3 is 1.47 bits per heavy atom. The van der Waals surface area contributed by atoms with E-state index in [1.54, 1.807) is 0 Å². The van der Waals surface area contributed by atoms with Crippen LogP contribution in [0.2, 0.25) is 0 Å². The number of hydrogen-bond donors (Lipinski definition) is 0. The Morgan fingerprint density at radius 2 is 1.16 bits per heavy atom. The first kappa shape index (κ1) is 18.4. The maximum Gasteiger partial charge on any atom is 0.209 e. The number of quaternary nitrogens is 1. The van der Waals surface area contributed by atoms with Crippen molar-refractivity contribution < 1.29 is 9.41 Å². The van der Waals surface area contributed by atoms with E-state index >= 15 is 0 Å². The van der Waals surface area contributed by atoms with Crippen molar-refractivity contribution in [2.75, 3.05) is 32.7 Å². The molecule has 0 heterocycles. The summed E-state index contributed by atoms with van der Waals surface area (Å²) in [4.78, 5) is 10.4. The largest absolute Gasteiger partial charge is 0.323 e. The molecule has 4 heteroatoms. The van der Waals surface area contributed by atoms with Crippen LogP contribution in [0.25, 0.3) is 0 Å². The second kappa shape index (κ2) is 11.2. The van der Waals surface area contributed by atoms with Gasteiger partial charge in [0.25, 0.3) is 0 Å². The number of rotatable bonds is 13. The maximum absolute atomic E-state index is 10.5. The van der Waals surface area contributed by atoms with E-state index in [2.05, 4.69) is 20.8 Å².